The normalized spacial score (nSPS) is 12.8. The minimum absolute atomic E-state index is 0.0747. The zero-order valence-electron chi connectivity index (χ0n) is 8.94. The number of carbonyl (C=O) groups is 2. The van der Waals surface area contributed by atoms with Gasteiger partial charge in [-0.15, -0.1) is 0 Å². The minimum Gasteiger partial charge on any atom is -0.431 e. The highest BCUT2D eigenvalue weighted by Crippen LogP contribution is 2.02. The largest absolute Gasteiger partial charge is 0.516 e. The molecule has 82 valence electrons. The standard InChI is InChI=1S/C9H17NO4/c1-5(2)7(10)8(11)14-9(12)13-6(3)4/h5-7H,10H2,1-4H3/t7-/m0/s1. The summed E-state index contributed by atoms with van der Waals surface area (Å²) in [6.07, 6.45) is -1.31. The second kappa shape index (κ2) is 5.59. The number of hydrogen-bond donors (Lipinski definition) is 1. The fraction of sp³-hybridized carbons (Fsp3) is 0.778. The molecule has 0 aromatic carbocycles. The van der Waals surface area contributed by atoms with Gasteiger partial charge in [-0.05, 0) is 19.8 Å². The Morgan fingerprint density at radius 2 is 1.64 bits per heavy atom. The molecule has 0 rings (SSSR count). The molecule has 0 fully saturated rings. The molecule has 0 saturated heterocycles. The number of carbonyl (C=O) groups excluding carboxylic acids is 2. The molecule has 14 heavy (non-hydrogen) atoms. The van der Waals surface area contributed by atoms with Crippen LogP contribution >= 0.6 is 0 Å². The van der Waals surface area contributed by atoms with Crippen LogP contribution in [0.15, 0.2) is 0 Å². The maximum Gasteiger partial charge on any atom is 0.516 e. The highest BCUT2D eigenvalue weighted by atomic mass is 16.7. The van der Waals surface area contributed by atoms with E-state index >= 15 is 0 Å². The van der Waals surface area contributed by atoms with Crippen molar-refractivity contribution in [1.82, 2.24) is 0 Å². The molecule has 5 nitrogen and oxygen atoms in total. The fourth-order valence-electron chi connectivity index (χ4n) is 0.639. The molecular formula is C9H17NO4. The Kier molecular flexibility index (Phi) is 5.15. The topological polar surface area (TPSA) is 78.6 Å². The molecule has 0 heterocycles. The van der Waals surface area contributed by atoms with Gasteiger partial charge in [0.1, 0.15) is 6.04 Å². The molecule has 2 N–H and O–H groups in total. The van der Waals surface area contributed by atoms with E-state index in [1.807, 2.05) is 0 Å². The van der Waals surface area contributed by atoms with Crippen molar-refractivity contribution >= 4 is 12.1 Å². The van der Waals surface area contributed by atoms with Gasteiger partial charge in [0, 0.05) is 0 Å². The maximum atomic E-state index is 11.1. The molecule has 0 amide bonds. The number of ether oxygens (including phenoxy) is 2. The number of rotatable bonds is 3. The Morgan fingerprint density at radius 3 is 2.00 bits per heavy atom. The molecule has 0 saturated carbocycles. The van der Waals surface area contributed by atoms with E-state index in [2.05, 4.69) is 9.47 Å². The molecule has 0 aromatic rings. The van der Waals surface area contributed by atoms with Gasteiger partial charge in [0.25, 0.3) is 0 Å². The summed E-state index contributed by atoms with van der Waals surface area (Å²) >= 11 is 0. The van der Waals surface area contributed by atoms with Gasteiger partial charge in [-0.2, -0.15) is 0 Å². The van der Waals surface area contributed by atoms with Gasteiger partial charge in [-0.3, -0.25) is 0 Å². The summed E-state index contributed by atoms with van der Waals surface area (Å²) in [5.74, 6) is -0.833. The fourth-order valence-corrected chi connectivity index (χ4v) is 0.639. The van der Waals surface area contributed by atoms with E-state index in [0.29, 0.717) is 0 Å². The van der Waals surface area contributed by atoms with Gasteiger partial charge in [-0.25, -0.2) is 9.59 Å². The Labute approximate surface area is 83.5 Å². The van der Waals surface area contributed by atoms with Crippen molar-refractivity contribution in [2.75, 3.05) is 0 Å². The summed E-state index contributed by atoms with van der Waals surface area (Å²) in [4.78, 5) is 22.0. The minimum atomic E-state index is -0.999. The number of hydrogen-bond acceptors (Lipinski definition) is 5. The van der Waals surface area contributed by atoms with Crippen molar-refractivity contribution in [3.8, 4) is 0 Å². The first-order valence-corrected chi connectivity index (χ1v) is 4.52. The summed E-state index contributed by atoms with van der Waals surface area (Å²) in [7, 11) is 0. The van der Waals surface area contributed by atoms with E-state index in [9.17, 15) is 9.59 Å². The predicted octanol–water partition coefficient (Wildman–Crippen LogP) is 1.06. The van der Waals surface area contributed by atoms with E-state index in [1.54, 1.807) is 27.7 Å². The third-order valence-electron chi connectivity index (χ3n) is 1.51. The first kappa shape index (κ1) is 12.9. The van der Waals surface area contributed by atoms with Crippen molar-refractivity contribution < 1.29 is 19.1 Å². The van der Waals surface area contributed by atoms with Gasteiger partial charge in [-0.1, -0.05) is 13.8 Å². The molecule has 0 radical (unpaired) electrons. The SMILES string of the molecule is CC(C)OC(=O)OC(=O)[C@@H](N)C(C)C. The lowest BCUT2D eigenvalue weighted by molar-refractivity contribution is -0.142. The molecular weight excluding hydrogens is 186 g/mol. The van der Waals surface area contributed by atoms with Gasteiger partial charge >= 0.3 is 12.1 Å². The van der Waals surface area contributed by atoms with Crippen molar-refractivity contribution in [3.63, 3.8) is 0 Å². The highest BCUT2D eigenvalue weighted by molar-refractivity contribution is 5.85. The van der Waals surface area contributed by atoms with E-state index in [0.717, 1.165) is 0 Å². The van der Waals surface area contributed by atoms with Crippen molar-refractivity contribution in [2.45, 2.75) is 39.8 Å². The third kappa shape index (κ3) is 4.81. The molecule has 0 bridgehead atoms. The summed E-state index contributed by atoms with van der Waals surface area (Å²) in [5.41, 5.74) is 5.46. The van der Waals surface area contributed by atoms with Crippen molar-refractivity contribution in [1.29, 1.82) is 0 Å². The second-order valence-electron chi connectivity index (χ2n) is 3.61. The Morgan fingerprint density at radius 1 is 1.14 bits per heavy atom. The first-order chi connectivity index (χ1) is 6.34. The Hall–Kier alpha value is -1.10. The molecule has 0 aromatic heterocycles. The van der Waals surface area contributed by atoms with Crippen LogP contribution in [0, 0.1) is 5.92 Å². The lowest BCUT2D eigenvalue weighted by Gasteiger charge is -2.13. The first-order valence-electron chi connectivity index (χ1n) is 4.52. The van der Waals surface area contributed by atoms with Crippen LogP contribution in [0.4, 0.5) is 4.79 Å². The molecule has 0 aliphatic heterocycles. The van der Waals surface area contributed by atoms with Crippen LogP contribution in [0.25, 0.3) is 0 Å². The maximum absolute atomic E-state index is 11.1. The van der Waals surface area contributed by atoms with Crippen molar-refractivity contribution in [3.05, 3.63) is 0 Å². The predicted molar refractivity (Wildman–Crippen MR) is 50.5 cm³/mol. The molecule has 0 aliphatic rings. The third-order valence-corrected chi connectivity index (χ3v) is 1.51. The molecule has 0 unspecified atom stereocenters. The highest BCUT2D eigenvalue weighted by Gasteiger charge is 2.22. The van der Waals surface area contributed by atoms with Crippen LogP contribution in [0.3, 0.4) is 0 Å². The van der Waals surface area contributed by atoms with Crippen LogP contribution in [0.2, 0.25) is 0 Å². The van der Waals surface area contributed by atoms with Gasteiger partial charge in [0.2, 0.25) is 0 Å². The average molecular weight is 203 g/mol. The Bertz CT molecular complexity index is 213. The number of esters is 1. The van der Waals surface area contributed by atoms with Gasteiger partial charge in [0.15, 0.2) is 0 Å². The van der Waals surface area contributed by atoms with E-state index < -0.39 is 18.2 Å². The summed E-state index contributed by atoms with van der Waals surface area (Å²) in [5, 5.41) is 0. The zero-order chi connectivity index (χ0) is 11.3. The van der Waals surface area contributed by atoms with Crippen LogP contribution < -0.4 is 5.73 Å². The van der Waals surface area contributed by atoms with E-state index in [-0.39, 0.29) is 12.0 Å². The second-order valence-corrected chi connectivity index (χ2v) is 3.61. The Balaban J connectivity index is 4.00. The van der Waals surface area contributed by atoms with Crippen molar-refractivity contribution in [2.24, 2.45) is 11.7 Å². The van der Waals surface area contributed by atoms with Gasteiger partial charge < -0.3 is 15.2 Å². The van der Waals surface area contributed by atoms with Crippen LogP contribution in [-0.4, -0.2) is 24.3 Å². The average Bonchev–Trinajstić information content (AvgIpc) is 2.00. The molecule has 5 heteroatoms. The summed E-state index contributed by atoms with van der Waals surface area (Å²) in [6, 6.07) is -0.797. The lowest BCUT2D eigenvalue weighted by atomic mass is 10.1. The van der Waals surface area contributed by atoms with E-state index in [1.165, 1.54) is 0 Å². The van der Waals surface area contributed by atoms with Crippen LogP contribution in [0.1, 0.15) is 27.7 Å². The summed E-state index contributed by atoms with van der Waals surface area (Å²) in [6.45, 7) is 6.85. The van der Waals surface area contributed by atoms with E-state index in [4.69, 9.17) is 5.73 Å². The zero-order valence-corrected chi connectivity index (χ0v) is 8.94. The molecule has 0 aliphatic carbocycles. The lowest BCUT2D eigenvalue weighted by Crippen LogP contribution is -2.38. The monoisotopic (exact) mass is 203 g/mol. The van der Waals surface area contributed by atoms with Gasteiger partial charge in [0.05, 0.1) is 6.10 Å². The van der Waals surface area contributed by atoms with Crippen LogP contribution in [0.5, 0.6) is 0 Å². The molecule has 1 atom stereocenters. The molecule has 0 spiro atoms. The summed E-state index contributed by atoms with van der Waals surface area (Å²) < 4.78 is 8.97. The van der Waals surface area contributed by atoms with Crippen LogP contribution in [-0.2, 0) is 14.3 Å². The smallest absolute Gasteiger partial charge is 0.431 e. The quantitative estimate of drug-likeness (QED) is 0.548. The number of nitrogens with two attached hydrogens (primary N) is 1.